The highest BCUT2D eigenvalue weighted by molar-refractivity contribution is 6.11. The molecule has 0 saturated heterocycles. The summed E-state index contributed by atoms with van der Waals surface area (Å²) in [5.41, 5.74) is 2.97. The fourth-order valence-corrected chi connectivity index (χ4v) is 2.92. The van der Waals surface area contributed by atoms with Gasteiger partial charge in [0.25, 0.3) is 0 Å². The molecule has 0 aromatic heterocycles. The minimum atomic E-state index is -0.192. The largest absolute Gasteiger partial charge is 0.330 e. The van der Waals surface area contributed by atoms with Crippen molar-refractivity contribution in [2.24, 2.45) is 0 Å². The third kappa shape index (κ3) is 2.70. The second kappa shape index (κ2) is 5.98. The number of carbonyl (C=O) groups excluding carboxylic acids is 2. The monoisotopic (exact) mass is 291 g/mol. The number of nitrogens with one attached hydrogen (secondary N) is 1. The van der Waals surface area contributed by atoms with Crippen LogP contribution in [0.25, 0.3) is 0 Å². The van der Waals surface area contributed by atoms with E-state index in [0.29, 0.717) is 23.3 Å². The van der Waals surface area contributed by atoms with Gasteiger partial charge in [0.15, 0.2) is 5.78 Å². The van der Waals surface area contributed by atoms with Gasteiger partial charge in [-0.1, -0.05) is 60.7 Å². The van der Waals surface area contributed by atoms with Gasteiger partial charge in [-0.3, -0.25) is 9.59 Å². The molecular weight excluding hydrogens is 274 g/mol. The van der Waals surface area contributed by atoms with E-state index in [2.05, 4.69) is 5.32 Å². The summed E-state index contributed by atoms with van der Waals surface area (Å²) < 4.78 is 0. The van der Waals surface area contributed by atoms with Crippen LogP contribution in [0.4, 0.5) is 0 Å². The van der Waals surface area contributed by atoms with Gasteiger partial charge in [-0.15, -0.1) is 0 Å². The third-order valence-electron chi connectivity index (χ3n) is 3.95. The molecule has 2 aromatic carbocycles. The Morgan fingerprint density at radius 1 is 1.00 bits per heavy atom. The number of rotatable bonds is 3. The molecule has 0 unspecified atom stereocenters. The molecule has 1 N–H and O–H groups in total. The van der Waals surface area contributed by atoms with Crippen LogP contribution in [0.1, 0.15) is 35.2 Å². The van der Waals surface area contributed by atoms with Crippen molar-refractivity contribution in [2.75, 3.05) is 0 Å². The van der Waals surface area contributed by atoms with Crippen molar-refractivity contribution < 1.29 is 9.59 Å². The molecule has 0 aliphatic carbocycles. The Kier molecular flexibility index (Phi) is 3.88. The summed E-state index contributed by atoms with van der Waals surface area (Å²) in [4.78, 5) is 24.8. The van der Waals surface area contributed by atoms with Gasteiger partial charge in [0.2, 0.25) is 5.91 Å². The number of amides is 1. The van der Waals surface area contributed by atoms with Crippen LogP contribution >= 0.6 is 0 Å². The van der Waals surface area contributed by atoms with Crippen LogP contribution < -0.4 is 5.32 Å². The molecule has 0 saturated carbocycles. The number of ketones is 1. The molecule has 0 bridgehead atoms. The van der Waals surface area contributed by atoms with Gasteiger partial charge in [0.1, 0.15) is 0 Å². The Bertz CT molecular complexity index is 733. The van der Waals surface area contributed by atoms with E-state index in [9.17, 15) is 9.59 Å². The smallest absolute Gasteiger partial charge is 0.225 e. The first-order valence-electron chi connectivity index (χ1n) is 7.32. The molecule has 1 heterocycles. The van der Waals surface area contributed by atoms with E-state index in [-0.39, 0.29) is 17.6 Å². The van der Waals surface area contributed by atoms with Crippen LogP contribution in [-0.2, 0) is 4.79 Å². The second-order valence-electron chi connectivity index (χ2n) is 5.45. The van der Waals surface area contributed by atoms with E-state index in [1.807, 2.05) is 48.5 Å². The third-order valence-corrected chi connectivity index (χ3v) is 3.95. The second-order valence-corrected chi connectivity index (χ2v) is 5.45. The van der Waals surface area contributed by atoms with Crippen molar-refractivity contribution in [3.05, 3.63) is 83.1 Å². The molecule has 22 heavy (non-hydrogen) atoms. The van der Waals surface area contributed by atoms with E-state index < -0.39 is 0 Å². The lowest BCUT2D eigenvalue weighted by molar-refractivity contribution is -0.121. The molecule has 1 aliphatic heterocycles. The Labute approximate surface area is 129 Å². The van der Waals surface area contributed by atoms with E-state index in [0.717, 1.165) is 5.56 Å². The van der Waals surface area contributed by atoms with Crippen molar-refractivity contribution in [1.82, 2.24) is 5.32 Å². The Balaban J connectivity index is 2.06. The lowest BCUT2D eigenvalue weighted by Gasteiger charge is -2.27. The molecule has 3 rings (SSSR count). The zero-order chi connectivity index (χ0) is 15.5. The molecule has 0 fully saturated rings. The molecule has 2 aromatic rings. The SMILES string of the molecule is CC1=C(C(=O)c2ccccc2)[C@H](c2ccccc2)CC(=O)N1. The number of Topliss-reactive ketones (excluding diaryl/α,β-unsaturated/α-hetero) is 1. The molecule has 3 heteroatoms. The van der Waals surface area contributed by atoms with E-state index in [1.165, 1.54) is 0 Å². The number of benzene rings is 2. The summed E-state index contributed by atoms with van der Waals surface area (Å²) in [5, 5.41) is 2.80. The molecule has 0 spiro atoms. The summed E-state index contributed by atoms with van der Waals surface area (Å²) in [6.07, 6.45) is 0.301. The van der Waals surface area contributed by atoms with Crippen molar-refractivity contribution in [3.63, 3.8) is 0 Å². The summed E-state index contributed by atoms with van der Waals surface area (Å²) in [6.45, 7) is 1.79. The van der Waals surface area contributed by atoms with Gasteiger partial charge in [0, 0.05) is 29.2 Å². The summed E-state index contributed by atoms with van der Waals surface area (Å²) in [7, 11) is 0. The summed E-state index contributed by atoms with van der Waals surface area (Å²) in [5.74, 6) is -0.259. The predicted molar refractivity (Wildman–Crippen MR) is 85.4 cm³/mol. The average molecular weight is 291 g/mol. The van der Waals surface area contributed by atoms with Gasteiger partial charge in [0.05, 0.1) is 0 Å². The maximum atomic E-state index is 12.9. The molecular formula is C19H17NO2. The predicted octanol–water partition coefficient (Wildman–Crippen LogP) is 3.45. The summed E-state index contributed by atoms with van der Waals surface area (Å²) in [6, 6.07) is 18.9. The minimum Gasteiger partial charge on any atom is -0.330 e. The van der Waals surface area contributed by atoms with Crippen molar-refractivity contribution in [3.8, 4) is 0 Å². The van der Waals surface area contributed by atoms with Gasteiger partial charge in [-0.05, 0) is 12.5 Å². The van der Waals surface area contributed by atoms with Crippen LogP contribution in [0.5, 0.6) is 0 Å². The standard InChI is InChI=1S/C19H17NO2/c1-13-18(19(22)15-10-6-3-7-11-15)16(12-17(21)20-13)14-8-4-2-5-9-14/h2-11,16H,12H2,1H3,(H,20,21)/t16-/m0/s1. The van der Waals surface area contributed by atoms with Crippen LogP contribution in [0.3, 0.4) is 0 Å². The first kappa shape index (κ1) is 14.3. The molecule has 0 radical (unpaired) electrons. The quantitative estimate of drug-likeness (QED) is 0.880. The zero-order valence-corrected chi connectivity index (χ0v) is 12.4. The lowest BCUT2D eigenvalue weighted by Crippen LogP contribution is -2.33. The van der Waals surface area contributed by atoms with Crippen LogP contribution in [0.15, 0.2) is 71.9 Å². The Morgan fingerprint density at radius 3 is 2.23 bits per heavy atom. The van der Waals surface area contributed by atoms with Crippen LogP contribution in [-0.4, -0.2) is 11.7 Å². The van der Waals surface area contributed by atoms with Crippen molar-refractivity contribution >= 4 is 11.7 Å². The van der Waals surface area contributed by atoms with E-state index in [1.54, 1.807) is 19.1 Å². The minimum absolute atomic E-state index is 0.0213. The van der Waals surface area contributed by atoms with Crippen molar-refractivity contribution in [1.29, 1.82) is 0 Å². The molecule has 1 amide bonds. The molecule has 3 nitrogen and oxygen atoms in total. The highest BCUT2D eigenvalue weighted by Gasteiger charge is 2.31. The topological polar surface area (TPSA) is 46.2 Å². The van der Waals surface area contributed by atoms with E-state index >= 15 is 0 Å². The number of hydrogen-bond donors (Lipinski definition) is 1. The first-order chi connectivity index (χ1) is 10.7. The maximum Gasteiger partial charge on any atom is 0.225 e. The highest BCUT2D eigenvalue weighted by Crippen LogP contribution is 2.34. The van der Waals surface area contributed by atoms with Crippen LogP contribution in [0, 0.1) is 0 Å². The average Bonchev–Trinajstić information content (AvgIpc) is 2.55. The number of carbonyl (C=O) groups is 2. The molecule has 1 atom stereocenters. The lowest BCUT2D eigenvalue weighted by atomic mass is 9.81. The zero-order valence-electron chi connectivity index (χ0n) is 12.4. The Hall–Kier alpha value is -2.68. The van der Waals surface area contributed by atoms with Crippen LogP contribution in [0.2, 0.25) is 0 Å². The Morgan fingerprint density at radius 2 is 1.59 bits per heavy atom. The van der Waals surface area contributed by atoms with Gasteiger partial charge in [-0.2, -0.15) is 0 Å². The summed E-state index contributed by atoms with van der Waals surface area (Å²) >= 11 is 0. The highest BCUT2D eigenvalue weighted by atomic mass is 16.2. The van der Waals surface area contributed by atoms with E-state index in [4.69, 9.17) is 0 Å². The van der Waals surface area contributed by atoms with Gasteiger partial charge >= 0.3 is 0 Å². The molecule has 1 aliphatic rings. The fourth-order valence-electron chi connectivity index (χ4n) is 2.92. The fraction of sp³-hybridized carbons (Fsp3) is 0.158. The van der Waals surface area contributed by atoms with Gasteiger partial charge < -0.3 is 5.32 Å². The first-order valence-corrected chi connectivity index (χ1v) is 7.32. The number of hydrogen-bond acceptors (Lipinski definition) is 2. The molecule has 110 valence electrons. The number of allylic oxidation sites excluding steroid dienone is 2. The maximum absolute atomic E-state index is 12.9. The van der Waals surface area contributed by atoms with Crippen molar-refractivity contribution in [2.45, 2.75) is 19.3 Å². The normalized spacial score (nSPS) is 18.0. The van der Waals surface area contributed by atoms with Gasteiger partial charge in [-0.25, -0.2) is 0 Å².